The van der Waals surface area contributed by atoms with E-state index < -0.39 is 0 Å². The molecule has 5 rings (SSSR count). The Morgan fingerprint density at radius 3 is 2.65 bits per heavy atom. The van der Waals surface area contributed by atoms with Crippen molar-refractivity contribution in [2.45, 2.75) is 40.0 Å². The van der Waals surface area contributed by atoms with E-state index in [-0.39, 0.29) is 5.56 Å². The maximum atomic E-state index is 13.0. The van der Waals surface area contributed by atoms with Crippen LogP contribution in [0.2, 0.25) is 0 Å². The minimum absolute atomic E-state index is 0.0780. The highest BCUT2D eigenvalue weighted by Gasteiger charge is 2.17. The van der Waals surface area contributed by atoms with Gasteiger partial charge in [-0.15, -0.1) is 5.10 Å². The third kappa shape index (κ3) is 4.82. The molecular formula is C26H26N6O2. The fourth-order valence-electron chi connectivity index (χ4n) is 4.29. The number of H-pyrrole nitrogens is 1. The van der Waals surface area contributed by atoms with E-state index in [1.54, 1.807) is 10.9 Å². The zero-order valence-electron chi connectivity index (χ0n) is 19.2. The second kappa shape index (κ2) is 9.44. The highest BCUT2D eigenvalue weighted by molar-refractivity contribution is 5.83. The number of hydrogen-bond donors (Lipinski definition) is 1. The summed E-state index contributed by atoms with van der Waals surface area (Å²) in [5.74, 6) is 1.48. The van der Waals surface area contributed by atoms with E-state index in [1.807, 2.05) is 49.4 Å². The SMILES string of the molecule is Cc1cc(C)c2cc(CN(Cc3ccccc3)Cc3nnnn3Cc3ccco3)c(=O)[nH]c2c1. The first-order chi connectivity index (χ1) is 16.5. The van der Waals surface area contributed by atoms with Gasteiger partial charge in [0.15, 0.2) is 5.82 Å². The van der Waals surface area contributed by atoms with Gasteiger partial charge in [-0.25, -0.2) is 4.68 Å². The molecule has 0 fully saturated rings. The maximum absolute atomic E-state index is 13.0. The smallest absolute Gasteiger partial charge is 0.252 e. The van der Waals surface area contributed by atoms with Crippen LogP contribution in [-0.2, 0) is 26.2 Å². The maximum Gasteiger partial charge on any atom is 0.252 e. The Hall–Kier alpha value is -4.04. The van der Waals surface area contributed by atoms with E-state index in [0.717, 1.165) is 33.4 Å². The van der Waals surface area contributed by atoms with E-state index in [2.05, 4.69) is 50.5 Å². The number of benzene rings is 2. The molecule has 8 heteroatoms. The molecule has 1 N–H and O–H groups in total. The number of furan rings is 1. The third-order valence-electron chi connectivity index (χ3n) is 5.89. The van der Waals surface area contributed by atoms with Crippen LogP contribution >= 0.6 is 0 Å². The summed E-state index contributed by atoms with van der Waals surface area (Å²) in [7, 11) is 0. The average Bonchev–Trinajstić information content (AvgIpc) is 3.48. The molecule has 0 bridgehead atoms. The van der Waals surface area contributed by atoms with Gasteiger partial charge in [-0.2, -0.15) is 0 Å². The normalized spacial score (nSPS) is 11.5. The number of pyridine rings is 1. The quantitative estimate of drug-likeness (QED) is 0.381. The lowest BCUT2D eigenvalue weighted by Gasteiger charge is -2.22. The predicted molar refractivity (Wildman–Crippen MR) is 129 cm³/mol. The Balaban J connectivity index is 1.46. The summed E-state index contributed by atoms with van der Waals surface area (Å²) >= 11 is 0. The van der Waals surface area contributed by atoms with Gasteiger partial charge in [-0.05, 0) is 65.2 Å². The van der Waals surface area contributed by atoms with Crippen LogP contribution in [0.5, 0.6) is 0 Å². The largest absolute Gasteiger partial charge is 0.467 e. The van der Waals surface area contributed by atoms with E-state index >= 15 is 0 Å². The van der Waals surface area contributed by atoms with E-state index in [1.165, 1.54) is 0 Å². The highest BCUT2D eigenvalue weighted by atomic mass is 16.3. The van der Waals surface area contributed by atoms with Crippen molar-refractivity contribution < 1.29 is 4.42 Å². The molecule has 0 unspecified atom stereocenters. The number of aromatic amines is 1. The van der Waals surface area contributed by atoms with Crippen molar-refractivity contribution >= 4 is 10.9 Å². The van der Waals surface area contributed by atoms with Crippen LogP contribution in [0.4, 0.5) is 0 Å². The van der Waals surface area contributed by atoms with Gasteiger partial charge < -0.3 is 9.40 Å². The molecule has 34 heavy (non-hydrogen) atoms. The van der Waals surface area contributed by atoms with Gasteiger partial charge in [-0.3, -0.25) is 9.69 Å². The summed E-state index contributed by atoms with van der Waals surface area (Å²) < 4.78 is 7.19. The van der Waals surface area contributed by atoms with E-state index in [9.17, 15) is 4.79 Å². The molecule has 0 aliphatic carbocycles. The summed E-state index contributed by atoms with van der Waals surface area (Å²) in [6, 6.07) is 20.1. The van der Waals surface area contributed by atoms with Crippen molar-refractivity contribution in [3.8, 4) is 0 Å². The topological polar surface area (TPSA) is 92.8 Å². The Labute approximate surface area is 196 Å². The number of nitrogens with one attached hydrogen (secondary N) is 1. The highest BCUT2D eigenvalue weighted by Crippen LogP contribution is 2.20. The zero-order valence-corrected chi connectivity index (χ0v) is 19.2. The first-order valence-electron chi connectivity index (χ1n) is 11.2. The predicted octanol–water partition coefficient (Wildman–Crippen LogP) is 3.98. The summed E-state index contributed by atoms with van der Waals surface area (Å²) in [6.07, 6.45) is 1.64. The number of tetrazole rings is 1. The van der Waals surface area contributed by atoms with Crippen molar-refractivity contribution in [1.82, 2.24) is 30.1 Å². The van der Waals surface area contributed by atoms with Gasteiger partial charge in [0, 0.05) is 29.6 Å². The number of aromatic nitrogens is 5. The van der Waals surface area contributed by atoms with Crippen molar-refractivity contribution in [2.75, 3.05) is 0 Å². The Morgan fingerprint density at radius 2 is 1.85 bits per heavy atom. The monoisotopic (exact) mass is 454 g/mol. The molecule has 0 saturated carbocycles. The molecule has 0 atom stereocenters. The summed E-state index contributed by atoms with van der Waals surface area (Å²) in [6.45, 7) is 6.14. The van der Waals surface area contributed by atoms with Gasteiger partial charge in [0.05, 0.1) is 12.8 Å². The molecule has 0 amide bonds. The molecule has 3 heterocycles. The summed E-state index contributed by atoms with van der Waals surface area (Å²) in [5.41, 5.74) is 4.91. The van der Waals surface area contributed by atoms with Gasteiger partial charge in [-0.1, -0.05) is 36.4 Å². The van der Waals surface area contributed by atoms with Gasteiger partial charge >= 0.3 is 0 Å². The van der Waals surface area contributed by atoms with Gasteiger partial charge in [0.25, 0.3) is 5.56 Å². The number of rotatable bonds is 8. The lowest BCUT2D eigenvalue weighted by atomic mass is 10.0. The third-order valence-corrected chi connectivity index (χ3v) is 5.89. The lowest BCUT2D eigenvalue weighted by molar-refractivity contribution is 0.235. The fourth-order valence-corrected chi connectivity index (χ4v) is 4.29. The van der Waals surface area contributed by atoms with E-state index in [0.29, 0.717) is 37.6 Å². The van der Waals surface area contributed by atoms with Crippen molar-refractivity contribution in [3.05, 3.63) is 111 Å². The number of nitrogens with zero attached hydrogens (tertiary/aromatic N) is 5. The van der Waals surface area contributed by atoms with Crippen LogP contribution in [0.15, 0.2) is 76.1 Å². The standard InChI is InChI=1S/C26H26N6O2/c1-18-11-19(2)23-13-21(26(33)27-24(23)12-18)15-31(14-20-7-4-3-5-8-20)17-25-28-29-30-32(25)16-22-9-6-10-34-22/h3-13H,14-17H2,1-2H3,(H,27,33). The van der Waals surface area contributed by atoms with Crippen LogP contribution < -0.4 is 5.56 Å². The summed E-state index contributed by atoms with van der Waals surface area (Å²) in [4.78, 5) is 18.2. The Kier molecular flexibility index (Phi) is 6.05. The van der Waals surface area contributed by atoms with Crippen molar-refractivity contribution in [3.63, 3.8) is 0 Å². The van der Waals surface area contributed by atoms with Crippen LogP contribution in [-0.4, -0.2) is 30.1 Å². The van der Waals surface area contributed by atoms with Crippen LogP contribution in [0.25, 0.3) is 10.9 Å². The first kappa shape index (κ1) is 21.8. The molecular weight excluding hydrogens is 428 g/mol. The molecule has 2 aromatic carbocycles. The summed E-state index contributed by atoms with van der Waals surface area (Å²) in [5, 5.41) is 13.3. The number of aryl methyl sites for hydroxylation is 2. The molecule has 8 nitrogen and oxygen atoms in total. The molecule has 0 aliphatic rings. The minimum Gasteiger partial charge on any atom is -0.467 e. The first-order valence-corrected chi connectivity index (χ1v) is 11.2. The number of hydrogen-bond acceptors (Lipinski definition) is 6. The average molecular weight is 455 g/mol. The Bertz CT molecular complexity index is 1450. The molecule has 172 valence electrons. The second-order valence-electron chi connectivity index (χ2n) is 8.63. The minimum atomic E-state index is -0.0780. The molecule has 0 saturated heterocycles. The van der Waals surface area contributed by atoms with Crippen molar-refractivity contribution in [2.24, 2.45) is 0 Å². The molecule has 3 aromatic heterocycles. The van der Waals surface area contributed by atoms with Gasteiger partial charge in [0.1, 0.15) is 12.3 Å². The molecule has 5 aromatic rings. The van der Waals surface area contributed by atoms with E-state index in [4.69, 9.17) is 4.42 Å². The number of fused-ring (bicyclic) bond motifs is 1. The molecule has 0 radical (unpaired) electrons. The molecule has 0 spiro atoms. The second-order valence-corrected chi connectivity index (χ2v) is 8.63. The van der Waals surface area contributed by atoms with Gasteiger partial charge in [0.2, 0.25) is 0 Å². The fraction of sp³-hybridized carbons (Fsp3) is 0.231. The lowest BCUT2D eigenvalue weighted by Crippen LogP contribution is -2.28. The van der Waals surface area contributed by atoms with Crippen LogP contribution in [0, 0.1) is 13.8 Å². The van der Waals surface area contributed by atoms with Crippen LogP contribution in [0.1, 0.15) is 33.8 Å². The molecule has 0 aliphatic heterocycles. The Morgan fingerprint density at radius 1 is 1.00 bits per heavy atom. The zero-order chi connectivity index (χ0) is 23.5. The van der Waals surface area contributed by atoms with Crippen LogP contribution in [0.3, 0.4) is 0 Å². The van der Waals surface area contributed by atoms with Crippen molar-refractivity contribution in [1.29, 1.82) is 0 Å².